The van der Waals surface area contributed by atoms with Gasteiger partial charge >= 0.3 is 49.4 Å². The molecule has 1 aromatic heterocycles. The Kier molecular flexibility index (Phi) is 19.7. The second-order valence-electron chi connectivity index (χ2n) is 28.7. The molecule has 14 rings (SSSR count). The molecule has 115 heavy (non-hydrogen) atoms. The molecular formula is C90H53F24N. The van der Waals surface area contributed by atoms with Gasteiger partial charge < -0.3 is 4.57 Å². The third-order valence-corrected chi connectivity index (χ3v) is 19.8. The van der Waals surface area contributed by atoms with Gasteiger partial charge in [0.2, 0.25) is 0 Å². The minimum Gasteiger partial charge on any atom is -0.309 e. The molecule has 25 heteroatoms. The van der Waals surface area contributed by atoms with E-state index in [2.05, 4.69) is 0 Å². The molecule has 0 aliphatic carbocycles. The zero-order valence-corrected chi connectivity index (χ0v) is 59.4. The van der Waals surface area contributed by atoms with Crippen molar-refractivity contribution in [2.75, 3.05) is 0 Å². The van der Waals surface area contributed by atoms with E-state index in [1.54, 1.807) is 36.4 Å². The fraction of sp³-hybridized carbons (Fsp3) is 0.133. The second kappa shape index (κ2) is 28.5. The summed E-state index contributed by atoms with van der Waals surface area (Å²) in [5, 5.41) is 1.21. The van der Waals surface area contributed by atoms with Crippen LogP contribution in [0.15, 0.2) is 267 Å². The number of para-hydroxylation sites is 1. The summed E-state index contributed by atoms with van der Waals surface area (Å²) in [7, 11) is 0. The first-order chi connectivity index (χ1) is 53.6. The molecule has 1 nitrogen and oxygen atoms in total. The van der Waals surface area contributed by atoms with Crippen molar-refractivity contribution in [2.24, 2.45) is 0 Å². The maximum absolute atomic E-state index is 14.1. The highest BCUT2D eigenvalue weighted by Crippen LogP contribution is 2.48. The van der Waals surface area contributed by atoms with E-state index < -0.39 is 122 Å². The number of halogens is 24. The summed E-state index contributed by atoms with van der Waals surface area (Å²) in [4.78, 5) is 0. The van der Waals surface area contributed by atoms with Crippen molar-refractivity contribution in [1.29, 1.82) is 0 Å². The summed E-state index contributed by atoms with van der Waals surface area (Å²) < 4.78 is 341. The Morgan fingerprint density at radius 3 is 0.539 bits per heavy atom. The zero-order valence-electron chi connectivity index (χ0n) is 59.4. The van der Waals surface area contributed by atoms with Crippen LogP contribution in [-0.4, -0.2) is 4.57 Å². The zero-order chi connectivity index (χ0) is 82.8. The Morgan fingerprint density at radius 1 is 0.174 bits per heavy atom. The number of nitrogens with zero attached hydrogens (tertiary/aromatic N) is 1. The molecule has 586 valence electrons. The predicted octanol–water partition coefficient (Wildman–Crippen LogP) is 30.9. The second-order valence-corrected chi connectivity index (χ2v) is 28.7. The number of fused-ring (bicyclic) bond motifs is 3. The first kappa shape index (κ1) is 79.6. The lowest BCUT2D eigenvalue weighted by atomic mass is 9.85. The highest BCUT2D eigenvalue weighted by atomic mass is 19.4. The van der Waals surface area contributed by atoms with Crippen LogP contribution in [0.25, 0.3) is 139 Å². The molecule has 0 saturated carbocycles. The summed E-state index contributed by atoms with van der Waals surface area (Å²) in [6, 6.07) is 55.8. The molecule has 0 atom stereocenters. The van der Waals surface area contributed by atoms with Crippen molar-refractivity contribution >= 4 is 21.8 Å². The minimum absolute atomic E-state index is 0.00619. The molecule has 0 aliphatic heterocycles. The van der Waals surface area contributed by atoms with Crippen molar-refractivity contribution in [3.05, 3.63) is 317 Å². The van der Waals surface area contributed by atoms with Gasteiger partial charge in [-0.15, -0.1) is 0 Å². The standard InChI is InChI=1S/C90H53F24N/c1-82(2,3)78-6-4-5-7-81(78)115-79-26-24-56(62-30-58(48-8-16-52(17-9-48)64-34-68(83(91,92)93)44-69(35-64)84(94,95)96)28-59(31-62)49-10-18-53(19-11-49)65-36-70(85(97,98)99)45-71(37-65)86(100,101)102)42-76(79)77-43-57(25-27-80(77)115)63-32-60(50-12-20-54(21-13-50)66-38-72(87(103,104)105)46-73(39-66)88(106,107)108)29-61(33-63)51-14-22-55(23-15-51)67-40-74(89(109,110)111)47-75(41-67)90(112,113)114/h4-47H,1-3H3. The highest BCUT2D eigenvalue weighted by Gasteiger charge is 2.42. The summed E-state index contributed by atoms with van der Waals surface area (Å²) >= 11 is 0. The van der Waals surface area contributed by atoms with Crippen LogP contribution in [0.4, 0.5) is 105 Å². The van der Waals surface area contributed by atoms with Crippen LogP contribution >= 0.6 is 0 Å². The molecule has 0 bridgehead atoms. The molecule has 1 heterocycles. The maximum atomic E-state index is 14.1. The molecule has 0 saturated heterocycles. The smallest absolute Gasteiger partial charge is 0.309 e. The van der Waals surface area contributed by atoms with E-state index in [0.717, 1.165) is 11.3 Å². The van der Waals surface area contributed by atoms with Crippen molar-refractivity contribution in [3.63, 3.8) is 0 Å². The first-order valence-electron chi connectivity index (χ1n) is 34.7. The Morgan fingerprint density at radius 2 is 0.348 bits per heavy atom. The van der Waals surface area contributed by atoms with E-state index in [1.807, 2.05) is 86.0 Å². The molecule has 0 radical (unpaired) electrons. The lowest BCUT2D eigenvalue weighted by Crippen LogP contribution is -2.15. The lowest BCUT2D eigenvalue weighted by Gasteiger charge is -2.24. The number of hydrogen-bond acceptors (Lipinski definition) is 0. The van der Waals surface area contributed by atoms with E-state index >= 15 is 0 Å². The number of rotatable bonds is 11. The number of hydrogen-bond donors (Lipinski definition) is 0. The quantitative estimate of drug-likeness (QED) is 0.114. The molecule has 0 fully saturated rings. The minimum atomic E-state index is -5.17. The van der Waals surface area contributed by atoms with Gasteiger partial charge in [0.1, 0.15) is 0 Å². The van der Waals surface area contributed by atoms with E-state index in [1.165, 1.54) is 97.1 Å². The summed E-state index contributed by atoms with van der Waals surface area (Å²) in [5.74, 6) is 0. The largest absolute Gasteiger partial charge is 0.416 e. The number of benzene rings is 13. The summed E-state index contributed by atoms with van der Waals surface area (Å²) in [6.07, 6.45) is -41.4. The van der Waals surface area contributed by atoms with Crippen LogP contribution < -0.4 is 0 Å². The normalized spacial score (nSPS) is 13.0. The highest BCUT2D eigenvalue weighted by molar-refractivity contribution is 6.12. The third-order valence-electron chi connectivity index (χ3n) is 19.8. The molecule has 0 unspecified atom stereocenters. The van der Waals surface area contributed by atoms with Crippen LogP contribution in [0, 0.1) is 0 Å². The third kappa shape index (κ3) is 16.7. The van der Waals surface area contributed by atoms with Gasteiger partial charge in [-0.2, -0.15) is 105 Å². The average molecular weight is 1600 g/mol. The summed E-state index contributed by atoms with van der Waals surface area (Å²) in [5.41, 5.74) is -6.77. The Bertz CT molecular complexity index is 5330. The molecule has 0 N–H and O–H groups in total. The van der Waals surface area contributed by atoms with Crippen molar-refractivity contribution in [1.82, 2.24) is 4.57 Å². The van der Waals surface area contributed by atoms with Crippen molar-refractivity contribution in [3.8, 4) is 117 Å². The first-order valence-corrected chi connectivity index (χ1v) is 34.7. The predicted molar refractivity (Wildman–Crippen MR) is 394 cm³/mol. The molecule has 0 aliphatic rings. The Hall–Kier alpha value is -12.0. The Balaban J connectivity index is 0.952. The van der Waals surface area contributed by atoms with Crippen LogP contribution in [0.1, 0.15) is 70.8 Å². The van der Waals surface area contributed by atoms with Gasteiger partial charge in [0.15, 0.2) is 0 Å². The van der Waals surface area contributed by atoms with Crippen LogP contribution in [-0.2, 0) is 54.8 Å². The van der Waals surface area contributed by atoms with Gasteiger partial charge in [0.25, 0.3) is 0 Å². The molecule has 0 amide bonds. The van der Waals surface area contributed by atoms with E-state index in [4.69, 9.17) is 0 Å². The average Bonchev–Trinajstić information content (AvgIpc) is 1.56. The van der Waals surface area contributed by atoms with Gasteiger partial charge in [0.05, 0.1) is 55.5 Å². The van der Waals surface area contributed by atoms with Gasteiger partial charge in [0, 0.05) is 16.5 Å². The fourth-order valence-electron chi connectivity index (χ4n) is 14.1. The van der Waals surface area contributed by atoms with E-state index in [-0.39, 0.29) is 46.5 Å². The van der Waals surface area contributed by atoms with Gasteiger partial charge in [-0.3, -0.25) is 0 Å². The monoisotopic (exact) mass is 1600 g/mol. The number of aromatic nitrogens is 1. The maximum Gasteiger partial charge on any atom is 0.416 e. The van der Waals surface area contributed by atoms with Gasteiger partial charge in [-0.25, -0.2) is 0 Å². The van der Waals surface area contributed by atoms with Crippen molar-refractivity contribution < 1.29 is 105 Å². The SMILES string of the molecule is CC(C)(C)c1ccccc1-n1c2ccc(-c3cc(-c4ccc(-c5cc(C(F)(F)F)cc(C(F)(F)F)c5)cc4)cc(-c4ccc(-c5cc(C(F)(F)F)cc(C(F)(F)F)c5)cc4)c3)cc2c2cc(-c3cc(-c4ccc(-c5cc(C(F)(F)F)cc(C(F)(F)F)c5)cc4)cc(-c4ccc(-c5cc(C(F)(F)F)cc(C(F)(F)F)c5)cc4)c3)ccc21. The Labute approximate surface area is 638 Å². The number of alkyl halides is 24. The van der Waals surface area contributed by atoms with Gasteiger partial charge in [-0.05, 0) is 262 Å². The van der Waals surface area contributed by atoms with Crippen LogP contribution in [0.2, 0.25) is 0 Å². The molecule has 0 spiro atoms. The van der Waals surface area contributed by atoms with Crippen LogP contribution in [0.5, 0.6) is 0 Å². The lowest BCUT2D eigenvalue weighted by molar-refractivity contribution is -0.144. The topological polar surface area (TPSA) is 4.93 Å². The van der Waals surface area contributed by atoms with Gasteiger partial charge in [-0.1, -0.05) is 148 Å². The van der Waals surface area contributed by atoms with E-state index in [9.17, 15) is 105 Å². The van der Waals surface area contributed by atoms with Crippen LogP contribution in [0.3, 0.4) is 0 Å². The molecular weight excluding hydrogens is 1550 g/mol. The van der Waals surface area contributed by atoms with Crippen molar-refractivity contribution in [2.45, 2.75) is 75.6 Å². The van der Waals surface area contributed by atoms with E-state index in [0.29, 0.717) is 137 Å². The molecule has 13 aromatic carbocycles. The fourth-order valence-corrected chi connectivity index (χ4v) is 14.1. The summed E-state index contributed by atoms with van der Waals surface area (Å²) in [6.45, 7) is 6.05. The molecule has 14 aromatic rings.